The summed E-state index contributed by atoms with van der Waals surface area (Å²) in [7, 11) is 0. The molecule has 16 heavy (non-hydrogen) atoms. The first-order chi connectivity index (χ1) is 7.74. The molecule has 2 aromatic rings. The molecule has 2 rings (SSSR count). The van der Waals surface area contributed by atoms with Gasteiger partial charge in [0.2, 0.25) is 0 Å². The summed E-state index contributed by atoms with van der Waals surface area (Å²) in [5.74, 6) is 0.800. The number of benzene rings is 1. The van der Waals surface area contributed by atoms with Gasteiger partial charge in [0.05, 0.1) is 12.4 Å². The van der Waals surface area contributed by atoms with Crippen LogP contribution in [0.25, 0.3) is 0 Å². The van der Waals surface area contributed by atoms with Crippen molar-refractivity contribution in [1.29, 1.82) is 0 Å². The van der Waals surface area contributed by atoms with E-state index in [0.29, 0.717) is 17.9 Å². The smallest absolute Gasteiger partial charge is 0.106 e. The van der Waals surface area contributed by atoms with Gasteiger partial charge in [-0.05, 0) is 36.2 Å². The lowest BCUT2D eigenvalue weighted by Crippen LogP contribution is -2.13. The Hall–Kier alpha value is -1.25. The van der Waals surface area contributed by atoms with Gasteiger partial charge in [-0.25, -0.2) is 0 Å². The molecule has 0 bridgehead atoms. The first-order valence-electron chi connectivity index (χ1n) is 5.19. The summed E-state index contributed by atoms with van der Waals surface area (Å²) in [4.78, 5) is 0. The Labute approximate surface area is 99.5 Å². The van der Waals surface area contributed by atoms with Gasteiger partial charge in [-0.3, -0.25) is 0 Å². The number of hydrogen-bond donors (Lipinski definition) is 1. The fraction of sp³-hybridized carbons (Fsp3) is 0.231. The fourth-order valence-corrected chi connectivity index (χ4v) is 1.88. The van der Waals surface area contributed by atoms with E-state index in [9.17, 15) is 5.11 Å². The van der Waals surface area contributed by atoms with Gasteiger partial charge in [-0.1, -0.05) is 23.7 Å². The number of rotatable bonds is 4. The minimum atomic E-state index is -0.440. The highest BCUT2D eigenvalue weighted by Crippen LogP contribution is 2.14. The molecule has 1 unspecified atom stereocenters. The lowest BCUT2D eigenvalue weighted by molar-refractivity contribution is 0.168. The Balaban J connectivity index is 1.94. The number of furan rings is 1. The van der Waals surface area contributed by atoms with Crippen LogP contribution in [0.1, 0.15) is 11.3 Å². The van der Waals surface area contributed by atoms with Gasteiger partial charge < -0.3 is 9.52 Å². The lowest BCUT2D eigenvalue weighted by atomic mass is 10.0. The maximum Gasteiger partial charge on any atom is 0.106 e. The molecule has 0 saturated heterocycles. The molecule has 1 aromatic heterocycles. The molecule has 1 heterocycles. The second-order valence-electron chi connectivity index (χ2n) is 3.77. The van der Waals surface area contributed by atoms with Crippen LogP contribution >= 0.6 is 11.6 Å². The number of hydrogen-bond acceptors (Lipinski definition) is 2. The molecule has 0 aliphatic carbocycles. The predicted molar refractivity (Wildman–Crippen MR) is 63.6 cm³/mol. The molecule has 0 saturated carbocycles. The van der Waals surface area contributed by atoms with Gasteiger partial charge in [0.1, 0.15) is 5.76 Å². The summed E-state index contributed by atoms with van der Waals surface area (Å²) >= 11 is 5.87. The minimum absolute atomic E-state index is 0.440. The summed E-state index contributed by atoms with van der Waals surface area (Å²) in [6.07, 6.45) is 2.28. The number of halogens is 1. The van der Waals surface area contributed by atoms with Gasteiger partial charge in [0.25, 0.3) is 0 Å². The first-order valence-corrected chi connectivity index (χ1v) is 5.57. The van der Waals surface area contributed by atoms with Crippen LogP contribution in [-0.4, -0.2) is 11.2 Å². The van der Waals surface area contributed by atoms with Crippen LogP contribution in [0, 0.1) is 0 Å². The molecule has 0 fully saturated rings. The molecule has 0 aliphatic heterocycles. The molecule has 0 aliphatic rings. The monoisotopic (exact) mass is 236 g/mol. The van der Waals surface area contributed by atoms with Crippen molar-refractivity contribution in [3.8, 4) is 0 Å². The molecule has 0 amide bonds. The maximum atomic E-state index is 9.86. The summed E-state index contributed by atoms with van der Waals surface area (Å²) in [6.45, 7) is 0. The zero-order valence-electron chi connectivity index (χ0n) is 8.77. The number of aliphatic hydroxyl groups is 1. The van der Waals surface area contributed by atoms with Crippen LogP contribution in [0.5, 0.6) is 0 Å². The molecular weight excluding hydrogens is 224 g/mol. The molecule has 1 N–H and O–H groups in total. The second kappa shape index (κ2) is 5.19. The van der Waals surface area contributed by atoms with Gasteiger partial charge in [-0.15, -0.1) is 0 Å². The topological polar surface area (TPSA) is 33.4 Å². The van der Waals surface area contributed by atoms with Crippen molar-refractivity contribution in [2.45, 2.75) is 18.9 Å². The molecule has 1 atom stereocenters. The van der Waals surface area contributed by atoms with Crippen LogP contribution < -0.4 is 0 Å². The Morgan fingerprint density at radius 3 is 2.75 bits per heavy atom. The van der Waals surface area contributed by atoms with Crippen molar-refractivity contribution in [1.82, 2.24) is 0 Å². The highest BCUT2D eigenvalue weighted by Gasteiger charge is 2.08. The molecular formula is C13H13ClO2. The summed E-state index contributed by atoms with van der Waals surface area (Å²) in [6, 6.07) is 11.2. The van der Waals surface area contributed by atoms with Gasteiger partial charge >= 0.3 is 0 Å². The van der Waals surface area contributed by atoms with E-state index in [4.69, 9.17) is 16.0 Å². The van der Waals surface area contributed by atoms with Crippen molar-refractivity contribution in [2.75, 3.05) is 0 Å². The molecule has 0 spiro atoms. The van der Waals surface area contributed by atoms with E-state index in [1.807, 2.05) is 36.4 Å². The van der Waals surface area contributed by atoms with E-state index < -0.39 is 6.10 Å². The summed E-state index contributed by atoms with van der Waals surface area (Å²) in [5.41, 5.74) is 1.03. The Kier molecular flexibility index (Phi) is 3.65. The summed E-state index contributed by atoms with van der Waals surface area (Å²) in [5, 5.41) is 10.6. The van der Waals surface area contributed by atoms with Crippen molar-refractivity contribution >= 4 is 11.6 Å². The zero-order chi connectivity index (χ0) is 11.4. The maximum absolute atomic E-state index is 9.86. The van der Waals surface area contributed by atoms with Crippen LogP contribution in [0.4, 0.5) is 0 Å². The van der Waals surface area contributed by atoms with Crippen molar-refractivity contribution < 1.29 is 9.52 Å². The molecule has 1 aromatic carbocycles. The highest BCUT2D eigenvalue weighted by atomic mass is 35.5. The summed E-state index contributed by atoms with van der Waals surface area (Å²) < 4.78 is 5.18. The first kappa shape index (κ1) is 11.2. The average molecular weight is 237 g/mol. The van der Waals surface area contributed by atoms with E-state index >= 15 is 0 Å². The van der Waals surface area contributed by atoms with Gasteiger partial charge in [0.15, 0.2) is 0 Å². The second-order valence-corrected chi connectivity index (χ2v) is 4.21. The molecule has 2 nitrogen and oxygen atoms in total. The van der Waals surface area contributed by atoms with Crippen LogP contribution in [0.2, 0.25) is 5.02 Å². The Morgan fingerprint density at radius 2 is 2.06 bits per heavy atom. The molecule has 0 radical (unpaired) electrons. The van der Waals surface area contributed by atoms with Crippen LogP contribution in [-0.2, 0) is 12.8 Å². The van der Waals surface area contributed by atoms with E-state index in [1.54, 1.807) is 6.26 Å². The van der Waals surface area contributed by atoms with Crippen molar-refractivity contribution in [2.24, 2.45) is 0 Å². The Morgan fingerprint density at radius 1 is 1.19 bits per heavy atom. The predicted octanol–water partition coefficient (Wildman–Crippen LogP) is 3.08. The highest BCUT2D eigenvalue weighted by molar-refractivity contribution is 6.30. The van der Waals surface area contributed by atoms with E-state index in [2.05, 4.69) is 0 Å². The largest absolute Gasteiger partial charge is 0.469 e. The van der Waals surface area contributed by atoms with Gasteiger partial charge in [0, 0.05) is 11.4 Å². The fourth-order valence-electron chi connectivity index (χ4n) is 1.67. The third kappa shape index (κ3) is 3.12. The minimum Gasteiger partial charge on any atom is -0.469 e. The van der Waals surface area contributed by atoms with E-state index in [1.165, 1.54) is 0 Å². The van der Waals surface area contributed by atoms with Crippen molar-refractivity contribution in [3.63, 3.8) is 0 Å². The number of aliphatic hydroxyl groups excluding tert-OH is 1. The normalized spacial score (nSPS) is 12.6. The quantitative estimate of drug-likeness (QED) is 0.885. The average Bonchev–Trinajstić information content (AvgIpc) is 2.70. The SMILES string of the molecule is OC(Cc1cccc(Cl)c1)Cc1ccco1. The standard InChI is InChI=1S/C13H13ClO2/c14-11-4-1-3-10(7-11)8-12(15)9-13-5-2-6-16-13/h1-7,12,15H,8-9H2. The Bertz CT molecular complexity index is 437. The van der Waals surface area contributed by atoms with Crippen LogP contribution in [0.3, 0.4) is 0 Å². The zero-order valence-corrected chi connectivity index (χ0v) is 9.52. The van der Waals surface area contributed by atoms with E-state index in [0.717, 1.165) is 11.3 Å². The van der Waals surface area contributed by atoms with Crippen molar-refractivity contribution in [3.05, 3.63) is 59.0 Å². The third-order valence-corrected chi connectivity index (χ3v) is 2.61. The van der Waals surface area contributed by atoms with E-state index in [-0.39, 0.29) is 0 Å². The molecule has 84 valence electrons. The lowest BCUT2D eigenvalue weighted by Gasteiger charge is -2.09. The van der Waals surface area contributed by atoms with Crippen LogP contribution in [0.15, 0.2) is 47.1 Å². The van der Waals surface area contributed by atoms with Gasteiger partial charge in [-0.2, -0.15) is 0 Å². The molecule has 3 heteroatoms. The third-order valence-electron chi connectivity index (χ3n) is 2.38.